The van der Waals surface area contributed by atoms with Gasteiger partial charge in [0.15, 0.2) is 0 Å². The Kier molecular flexibility index (Phi) is 4.21. The molecule has 0 spiro atoms. The largest absolute Gasteiger partial charge is 0.497 e. The van der Waals surface area contributed by atoms with E-state index in [1.165, 1.54) is 22.3 Å². The average molecular weight is 351 g/mol. The van der Waals surface area contributed by atoms with Crippen molar-refractivity contribution in [1.29, 1.82) is 0 Å². The van der Waals surface area contributed by atoms with Gasteiger partial charge in [-0.3, -0.25) is 0 Å². The molecule has 0 bridgehead atoms. The Balaban J connectivity index is 1.80. The summed E-state index contributed by atoms with van der Waals surface area (Å²) in [6.07, 6.45) is 6.30. The summed E-state index contributed by atoms with van der Waals surface area (Å²) >= 11 is 0. The van der Waals surface area contributed by atoms with Gasteiger partial charge in [-0.2, -0.15) is 0 Å². The number of oxime groups is 1. The number of benzene rings is 1. The van der Waals surface area contributed by atoms with Gasteiger partial charge in [0, 0.05) is 5.41 Å². The SMILES string of the molecule is C=C(C)[C@H]1C/C(=N/O)[C@]2(C)CCC3=C(CCc4cc(OC)ccc43)[C@@H]2C1. The van der Waals surface area contributed by atoms with E-state index in [1.807, 2.05) is 0 Å². The minimum absolute atomic E-state index is 0.0104. The van der Waals surface area contributed by atoms with Crippen LogP contribution in [0.15, 0.2) is 41.1 Å². The second-order valence-corrected chi connectivity index (χ2v) is 8.53. The van der Waals surface area contributed by atoms with Crippen molar-refractivity contribution >= 4 is 11.3 Å². The highest BCUT2D eigenvalue weighted by Gasteiger charge is 2.49. The van der Waals surface area contributed by atoms with Crippen LogP contribution in [0.4, 0.5) is 0 Å². The summed E-state index contributed by atoms with van der Waals surface area (Å²) in [6, 6.07) is 6.53. The second kappa shape index (κ2) is 6.29. The Morgan fingerprint density at radius 1 is 1.31 bits per heavy atom. The van der Waals surface area contributed by atoms with Crippen LogP contribution in [0.25, 0.3) is 5.57 Å². The number of aryl methyl sites for hydroxylation is 1. The number of allylic oxidation sites excluding steroid dienone is 3. The first-order valence-corrected chi connectivity index (χ1v) is 9.74. The molecule has 3 aliphatic carbocycles. The molecule has 4 rings (SSSR count). The van der Waals surface area contributed by atoms with Gasteiger partial charge in [0.05, 0.1) is 12.8 Å². The van der Waals surface area contributed by atoms with Gasteiger partial charge in [0.2, 0.25) is 0 Å². The van der Waals surface area contributed by atoms with Crippen LogP contribution in [0.2, 0.25) is 0 Å². The second-order valence-electron chi connectivity index (χ2n) is 8.53. The maximum atomic E-state index is 9.73. The third-order valence-electron chi connectivity index (χ3n) is 7.21. The summed E-state index contributed by atoms with van der Waals surface area (Å²) < 4.78 is 5.42. The van der Waals surface area contributed by atoms with Crippen molar-refractivity contribution in [3.8, 4) is 5.75 Å². The first-order valence-electron chi connectivity index (χ1n) is 9.74. The van der Waals surface area contributed by atoms with Gasteiger partial charge in [0.1, 0.15) is 5.75 Å². The van der Waals surface area contributed by atoms with Crippen molar-refractivity contribution in [2.24, 2.45) is 22.4 Å². The molecule has 138 valence electrons. The minimum Gasteiger partial charge on any atom is -0.497 e. The van der Waals surface area contributed by atoms with E-state index in [1.54, 1.807) is 12.7 Å². The Labute approximate surface area is 156 Å². The quantitative estimate of drug-likeness (QED) is 0.426. The number of hydrogen-bond donors (Lipinski definition) is 1. The zero-order valence-electron chi connectivity index (χ0n) is 16.1. The lowest BCUT2D eigenvalue weighted by Crippen LogP contribution is -2.46. The van der Waals surface area contributed by atoms with Crippen LogP contribution in [0.3, 0.4) is 0 Å². The smallest absolute Gasteiger partial charge is 0.119 e. The Bertz CT molecular complexity index is 819. The third-order valence-corrected chi connectivity index (χ3v) is 7.21. The van der Waals surface area contributed by atoms with Crippen LogP contribution >= 0.6 is 0 Å². The molecule has 26 heavy (non-hydrogen) atoms. The van der Waals surface area contributed by atoms with Crippen molar-refractivity contribution in [2.75, 3.05) is 7.11 Å². The van der Waals surface area contributed by atoms with Crippen LogP contribution in [0, 0.1) is 17.3 Å². The highest BCUT2D eigenvalue weighted by Crippen LogP contribution is 2.57. The minimum atomic E-state index is -0.0104. The monoisotopic (exact) mass is 351 g/mol. The molecular weight excluding hydrogens is 322 g/mol. The van der Waals surface area contributed by atoms with Gasteiger partial charge < -0.3 is 9.94 Å². The van der Waals surface area contributed by atoms with Gasteiger partial charge in [0.25, 0.3) is 0 Å². The molecule has 0 radical (unpaired) electrons. The standard InChI is InChI=1S/C23H29NO2/c1-14(2)16-12-21-20-7-5-15-11-17(26-4)6-8-18(15)19(20)9-10-23(21,3)22(13-16)24-25/h6,8,11,16,21,25H,1,5,7,9-10,12-13H2,2-4H3/b24-22-/t16-,21+,23-/m1/s1. The average Bonchev–Trinajstić information content (AvgIpc) is 2.65. The van der Waals surface area contributed by atoms with Gasteiger partial charge >= 0.3 is 0 Å². The maximum absolute atomic E-state index is 9.73. The molecule has 3 heteroatoms. The third kappa shape index (κ3) is 2.52. The van der Waals surface area contributed by atoms with Crippen LogP contribution in [0.5, 0.6) is 5.75 Å². The predicted octanol–water partition coefficient (Wildman–Crippen LogP) is 5.63. The van der Waals surface area contributed by atoms with E-state index in [4.69, 9.17) is 4.74 Å². The molecule has 0 amide bonds. The lowest BCUT2D eigenvalue weighted by Gasteiger charge is -2.50. The van der Waals surface area contributed by atoms with Crippen LogP contribution in [-0.4, -0.2) is 18.0 Å². The van der Waals surface area contributed by atoms with E-state index in [-0.39, 0.29) is 5.41 Å². The fourth-order valence-electron chi connectivity index (χ4n) is 5.53. The van der Waals surface area contributed by atoms with Gasteiger partial charge in [-0.25, -0.2) is 0 Å². The summed E-state index contributed by atoms with van der Waals surface area (Å²) in [7, 11) is 1.73. The van der Waals surface area contributed by atoms with E-state index in [0.29, 0.717) is 11.8 Å². The summed E-state index contributed by atoms with van der Waals surface area (Å²) in [4.78, 5) is 0. The number of fused-ring (bicyclic) bond motifs is 4. The van der Waals surface area contributed by atoms with Crippen molar-refractivity contribution in [1.82, 2.24) is 0 Å². The first kappa shape index (κ1) is 17.4. The van der Waals surface area contributed by atoms with E-state index in [2.05, 4.69) is 43.8 Å². The Morgan fingerprint density at radius 2 is 2.12 bits per heavy atom. The molecule has 1 aromatic carbocycles. The molecule has 1 fully saturated rings. The zero-order chi connectivity index (χ0) is 18.5. The molecule has 0 aromatic heterocycles. The van der Waals surface area contributed by atoms with E-state index >= 15 is 0 Å². The summed E-state index contributed by atoms with van der Waals surface area (Å²) in [5.74, 6) is 1.83. The topological polar surface area (TPSA) is 41.8 Å². The summed E-state index contributed by atoms with van der Waals surface area (Å²) in [6.45, 7) is 8.63. The summed E-state index contributed by atoms with van der Waals surface area (Å²) in [5, 5.41) is 13.5. The number of hydrogen-bond acceptors (Lipinski definition) is 3. The lowest BCUT2D eigenvalue weighted by molar-refractivity contribution is 0.200. The highest BCUT2D eigenvalue weighted by molar-refractivity contribution is 5.93. The van der Waals surface area contributed by atoms with Gasteiger partial charge in [-0.15, -0.1) is 0 Å². The van der Waals surface area contributed by atoms with Crippen LogP contribution in [-0.2, 0) is 6.42 Å². The molecule has 0 aliphatic heterocycles. The molecule has 1 N–H and O–H groups in total. The Hall–Kier alpha value is -2.03. The maximum Gasteiger partial charge on any atom is 0.119 e. The van der Waals surface area contributed by atoms with Crippen molar-refractivity contribution in [2.45, 2.75) is 52.4 Å². The lowest BCUT2D eigenvalue weighted by atomic mass is 9.53. The summed E-state index contributed by atoms with van der Waals surface area (Å²) in [5.41, 5.74) is 8.14. The molecule has 1 saturated carbocycles. The number of rotatable bonds is 2. The molecule has 3 nitrogen and oxygen atoms in total. The van der Waals surface area contributed by atoms with Crippen molar-refractivity contribution in [3.05, 3.63) is 47.1 Å². The molecule has 0 unspecified atom stereocenters. The van der Waals surface area contributed by atoms with Gasteiger partial charge in [-0.1, -0.05) is 35.9 Å². The fraction of sp³-hybridized carbons (Fsp3) is 0.522. The fourth-order valence-corrected chi connectivity index (χ4v) is 5.53. The number of methoxy groups -OCH3 is 1. The van der Waals surface area contributed by atoms with Gasteiger partial charge in [-0.05, 0) is 86.1 Å². The van der Waals surface area contributed by atoms with Crippen molar-refractivity contribution < 1.29 is 9.94 Å². The molecular formula is C23H29NO2. The van der Waals surface area contributed by atoms with E-state index in [9.17, 15) is 5.21 Å². The highest BCUT2D eigenvalue weighted by atomic mass is 16.5. The van der Waals surface area contributed by atoms with Crippen LogP contribution in [0.1, 0.15) is 57.1 Å². The normalized spacial score (nSPS) is 31.9. The zero-order valence-corrected chi connectivity index (χ0v) is 16.1. The molecule has 0 saturated heterocycles. The number of ether oxygens (including phenoxy) is 1. The van der Waals surface area contributed by atoms with E-state index < -0.39 is 0 Å². The van der Waals surface area contributed by atoms with Crippen molar-refractivity contribution in [3.63, 3.8) is 0 Å². The van der Waals surface area contributed by atoms with E-state index in [0.717, 1.165) is 50.0 Å². The Morgan fingerprint density at radius 3 is 2.81 bits per heavy atom. The predicted molar refractivity (Wildman–Crippen MR) is 106 cm³/mol. The molecule has 3 atom stereocenters. The van der Waals surface area contributed by atoms with Crippen LogP contribution < -0.4 is 4.74 Å². The first-order chi connectivity index (χ1) is 12.5. The molecule has 1 aromatic rings. The molecule has 3 aliphatic rings. The molecule has 0 heterocycles. The number of nitrogens with zero attached hydrogens (tertiary/aromatic N) is 1.